The minimum atomic E-state index is -0.246. The lowest BCUT2D eigenvalue weighted by Crippen LogP contribution is -2.31. The second kappa shape index (κ2) is 8.92. The van der Waals surface area contributed by atoms with Crippen LogP contribution in [0.25, 0.3) is 0 Å². The summed E-state index contributed by atoms with van der Waals surface area (Å²) in [6, 6.07) is 0. The third-order valence-electron chi connectivity index (χ3n) is 4.53. The number of rotatable bonds is 9. The molecule has 0 aromatic heterocycles. The molecule has 0 spiro atoms. The van der Waals surface area contributed by atoms with Crippen LogP contribution < -0.4 is 0 Å². The van der Waals surface area contributed by atoms with Crippen LogP contribution in [0.4, 0.5) is 0 Å². The Morgan fingerprint density at radius 2 is 0.944 bits per heavy atom. The molecule has 110 valence electrons. The van der Waals surface area contributed by atoms with Crippen molar-refractivity contribution in [3.63, 3.8) is 0 Å². The monoisotopic (exact) mass is 258 g/mol. The van der Waals surface area contributed by atoms with Crippen LogP contribution in [0.1, 0.15) is 67.2 Å². The molecule has 6 unspecified atom stereocenters. The third-order valence-corrected chi connectivity index (χ3v) is 4.53. The van der Waals surface area contributed by atoms with Gasteiger partial charge in [0, 0.05) is 0 Å². The number of hydrogen-bond donors (Lipinski definition) is 2. The highest BCUT2D eigenvalue weighted by molar-refractivity contribution is 4.80. The first-order chi connectivity index (χ1) is 8.33. The molecule has 0 saturated heterocycles. The van der Waals surface area contributed by atoms with Crippen molar-refractivity contribution in [3.8, 4) is 0 Å². The summed E-state index contributed by atoms with van der Waals surface area (Å²) in [5, 5.41) is 19.5. The molecule has 6 atom stereocenters. The molecule has 0 bridgehead atoms. The molecule has 0 aliphatic carbocycles. The number of hydrogen-bond acceptors (Lipinski definition) is 2. The van der Waals surface area contributed by atoms with E-state index in [1.807, 2.05) is 13.8 Å². The van der Waals surface area contributed by atoms with Crippen molar-refractivity contribution in [2.75, 3.05) is 0 Å². The van der Waals surface area contributed by atoms with Gasteiger partial charge >= 0.3 is 0 Å². The van der Waals surface area contributed by atoms with Crippen LogP contribution in [-0.4, -0.2) is 22.4 Å². The topological polar surface area (TPSA) is 40.5 Å². The van der Waals surface area contributed by atoms with Crippen LogP contribution in [0.3, 0.4) is 0 Å². The molecule has 18 heavy (non-hydrogen) atoms. The summed E-state index contributed by atoms with van der Waals surface area (Å²) in [5.74, 6) is 2.24. The Labute approximate surface area is 114 Å². The van der Waals surface area contributed by atoms with Gasteiger partial charge in [0.05, 0.1) is 12.2 Å². The van der Waals surface area contributed by atoms with Crippen LogP contribution >= 0.6 is 0 Å². The van der Waals surface area contributed by atoms with E-state index in [-0.39, 0.29) is 12.2 Å². The maximum atomic E-state index is 9.74. The second-order valence-electron chi connectivity index (χ2n) is 6.27. The molecule has 0 radical (unpaired) electrons. The fourth-order valence-corrected chi connectivity index (χ4v) is 3.05. The molecule has 0 aliphatic heterocycles. The van der Waals surface area contributed by atoms with Crippen LogP contribution in [0.15, 0.2) is 0 Å². The summed E-state index contributed by atoms with van der Waals surface area (Å²) in [7, 11) is 0. The summed E-state index contributed by atoms with van der Waals surface area (Å²) >= 11 is 0. The van der Waals surface area contributed by atoms with Gasteiger partial charge in [0.25, 0.3) is 0 Å². The van der Waals surface area contributed by atoms with Crippen molar-refractivity contribution in [3.05, 3.63) is 0 Å². The fourth-order valence-electron chi connectivity index (χ4n) is 3.05. The Hall–Kier alpha value is -0.0800. The van der Waals surface area contributed by atoms with Gasteiger partial charge in [-0.15, -0.1) is 0 Å². The lowest BCUT2D eigenvalue weighted by Gasteiger charge is -2.37. The summed E-state index contributed by atoms with van der Waals surface area (Å²) in [5.41, 5.74) is 0. The first kappa shape index (κ1) is 17.9. The first-order valence-corrected chi connectivity index (χ1v) is 7.69. The van der Waals surface area contributed by atoms with Crippen LogP contribution in [-0.2, 0) is 0 Å². The van der Waals surface area contributed by atoms with Gasteiger partial charge < -0.3 is 10.2 Å². The van der Waals surface area contributed by atoms with E-state index in [2.05, 4.69) is 27.7 Å². The van der Waals surface area contributed by atoms with Gasteiger partial charge in [-0.3, -0.25) is 0 Å². The largest absolute Gasteiger partial charge is 0.393 e. The molecule has 2 heteroatoms. The number of aliphatic hydroxyl groups is 2. The number of aliphatic hydroxyl groups excluding tert-OH is 2. The van der Waals surface area contributed by atoms with Gasteiger partial charge in [-0.25, -0.2) is 0 Å². The Morgan fingerprint density at radius 1 is 0.667 bits per heavy atom. The molecule has 2 N–H and O–H groups in total. The molecule has 0 saturated carbocycles. The van der Waals surface area contributed by atoms with Crippen molar-refractivity contribution < 1.29 is 10.2 Å². The SMILES string of the molecule is CCC(C)C(CC(C)O)C(CC(C)O)C(C)CC. The van der Waals surface area contributed by atoms with Gasteiger partial charge in [-0.2, -0.15) is 0 Å². The molecule has 2 nitrogen and oxygen atoms in total. The molecule has 0 aromatic rings. The molecule has 0 rings (SSSR count). The van der Waals surface area contributed by atoms with E-state index >= 15 is 0 Å². The Morgan fingerprint density at radius 3 is 1.11 bits per heavy atom. The summed E-state index contributed by atoms with van der Waals surface area (Å²) in [6.45, 7) is 12.8. The molecule has 0 heterocycles. The fraction of sp³-hybridized carbons (Fsp3) is 1.00. The summed E-state index contributed by atoms with van der Waals surface area (Å²) in [6.07, 6.45) is 3.51. The second-order valence-corrected chi connectivity index (χ2v) is 6.27. The highest BCUT2D eigenvalue weighted by Gasteiger charge is 2.31. The zero-order valence-corrected chi connectivity index (χ0v) is 13.2. The normalized spacial score (nSPS) is 22.0. The quantitative estimate of drug-likeness (QED) is 0.659. The van der Waals surface area contributed by atoms with E-state index in [0.717, 1.165) is 25.7 Å². The van der Waals surface area contributed by atoms with Crippen molar-refractivity contribution >= 4 is 0 Å². The lowest BCUT2D eigenvalue weighted by molar-refractivity contribution is 0.0546. The van der Waals surface area contributed by atoms with Gasteiger partial charge in [0.2, 0.25) is 0 Å². The maximum Gasteiger partial charge on any atom is 0.0515 e. The molecular weight excluding hydrogens is 224 g/mol. The van der Waals surface area contributed by atoms with Gasteiger partial charge in [0.1, 0.15) is 0 Å². The van der Waals surface area contributed by atoms with Crippen LogP contribution in [0.5, 0.6) is 0 Å². The molecule has 0 aliphatic rings. The third kappa shape index (κ3) is 6.19. The van der Waals surface area contributed by atoms with Crippen molar-refractivity contribution in [2.45, 2.75) is 79.4 Å². The highest BCUT2D eigenvalue weighted by Crippen LogP contribution is 2.37. The van der Waals surface area contributed by atoms with Gasteiger partial charge in [0.15, 0.2) is 0 Å². The summed E-state index contributed by atoms with van der Waals surface area (Å²) < 4.78 is 0. The highest BCUT2D eigenvalue weighted by atomic mass is 16.3. The Balaban J connectivity index is 4.92. The lowest BCUT2D eigenvalue weighted by atomic mass is 9.70. The van der Waals surface area contributed by atoms with E-state index in [0.29, 0.717) is 23.7 Å². The predicted molar refractivity (Wildman–Crippen MR) is 78.5 cm³/mol. The zero-order chi connectivity index (χ0) is 14.3. The average molecular weight is 258 g/mol. The standard InChI is InChI=1S/C16H34O2/c1-7-11(3)15(9-13(5)17)16(10-14(6)18)12(4)8-2/h11-18H,7-10H2,1-6H3. The van der Waals surface area contributed by atoms with Crippen LogP contribution in [0.2, 0.25) is 0 Å². The van der Waals surface area contributed by atoms with E-state index < -0.39 is 0 Å². The Bertz CT molecular complexity index is 179. The Kier molecular flexibility index (Phi) is 8.89. The van der Waals surface area contributed by atoms with Crippen molar-refractivity contribution in [1.82, 2.24) is 0 Å². The minimum absolute atomic E-state index is 0.246. The molecule has 0 fully saturated rings. The molecular formula is C16H34O2. The minimum Gasteiger partial charge on any atom is -0.393 e. The molecule has 0 aromatic carbocycles. The smallest absolute Gasteiger partial charge is 0.0515 e. The van der Waals surface area contributed by atoms with Gasteiger partial charge in [-0.1, -0.05) is 40.5 Å². The van der Waals surface area contributed by atoms with E-state index in [1.165, 1.54) is 0 Å². The summed E-state index contributed by atoms with van der Waals surface area (Å²) in [4.78, 5) is 0. The predicted octanol–water partition coefficient (Wildman–Crippen LogP) is 3.85. The first-order valence-electron chi connectivity index (χ1n) is 7.69. The maximum absolute atomic E-state index is 9.74. The van der Waals surface area contributed by atoms with Crippen molar-refractivity contribution in [1.29, 1.82) is 0 Å². The molecule has 0 amide bonds. The zero-order valence-electron chi connectivity index (χ0n) is 13.2. The van der Waals surface area contributed by atoms with E-state index in [1.54, 1.807) is 0 Å². The average Bonchev–Trinajstić information content (AvgIpc) is 2.30. The van der Waals surface area contributed by atoms with E-state index in [9.17, 15) is 10.2 Å². The van der Waals surface area contributed by atoms with Crippen molar-refractivity contribution in [2.24, 2.45) is 23.7 Å². The van der Waals surface area contributed by atoms with E-state index in [4.69, 9.17) is 0 Å². The van der Waals surface area contributed by atoms with Crippen LogP contribution in [0, 0.1) is 23.7 Å². The van der Waals surface area contributed by atoms with Gasteiger partial charge in [-0.05, 0) is 50.4 Å².